The van der Waals surface area contributed by atoms with Gasteiger partial charge >= 0.3 is 0 Å². The predicted octanol–water partition coefficient (Wildman–Crippen LogP) is 2.46. The first-order valence-electron chi connectivity index (χ1n) is 6.62. The van der Waals surface area contributed by atoms with Gasteiger partial charge in [-0.1, -0.05) is 39.3 Å². The number of unbranched alkanes of at least 4 members (excludes halogenated alkanes) is 1. The Morgan fingerprint density at radius 3 is 2.26 bits per heavy atom. The summed E-state index contributed by atoms with van der Waals surface area (Å²) in [5, 5.41) is 0. The summed E-state index contributed by atoms with van der Waals surface area (Å²) in [6, 6.07) is 7.42. The molecule has 0 heterocycles. The molecule has 5 heteroatoms. The van der Waals surface area contributed by atoms with E-state index in [1.807, 2.05) is 19.1 Å². The Morgan fingerprint density at radius 2 is 1.79 bits per heavy atom. The van der Waals surface area contributed by atoms with Gasteiger partial charge in [-0.05, 0) is 24.1 Å². The zero-order valence-electron chi connectivity index (χ0n) is 11.9. The summed E-state index contributed by atoms with van der Waals surface area (Å²) in [7, 11) is -3.23. The fourth-order valence-electron chi connectivity index (χ4n) is 1.67. The molecule has 0 saturated carbocycles. The second-order valence-electron chi connectivity index (χ2n) is 5.44. The summed E-state index contributed by atoms with van der Waals surface area (Å²) < 4.78 is 26.1. The van der Waals surface area contributed by atoms with Gasteiger partial charge in [0.2, 0.25) is 10.0 Å². The van der Waals surface area contributed by atoms with Crippen LogP contribution in [-0.2, 0) is 15.4 Å². The quantitative estimate of drug-likeness (QED) is 0.808. The zero-order chi connectivity index (χ0) is 14.5. The minimum atomic E-state index is -3.23. The highest BCUT2D eigenvalue weighted by Gasteiger charge is 2.18. The van der Waals surface area contributed by atoms with Crippen LogP contribution in [0.3, 0.4) is 0 Å². The van der Waals surface area contributed by atoms with Crippen LogP contribution >= 0.6 is 0 Å². The predicted molar refractivity (Wildman–Crippen MR) is 80.8 cm³/mol. The average molecular weight is 284 g/mol. The molecule has 0 aromatic heterocycles. The van der Waals surface area contributed by atoms with Crippen LogP contribution in [0.25, 0.3) is 0 Å². The van der Waals surface area contributed by atoms with Crippen LogP contribution in [0, 0.1) is 0 Å². The number of hydrogen-bond acceptors (Lipinski definition) is 3. The number of nitrogens with one attached hydrogen (secondary N) is 1. The van der Waals surface area contributed by atoms with Crippen molar-refractivity contribution in [1.29, 1.82) is 0 Å². The van der Waals surface area contributed by atoms with Crippen molar-refractivity contribution in [2.24, 2.45) is 5.73 Å². The lowest BCUT2D eigenvalue weighted by Gasteiger charge is -2.23. The largest absolute Gasteiger partial charge is 0.330 e. The number of sulfonamides is 1. The highest BCUT2D eigenvalue weighted by molar-refractivity contribution is 7.92. The van der Waals surface area contributed by atoms with Crippen LogP contribution in [0.15, 0.2) is 24.3 Å². The topological polar surface area (TPSA) is 72.2 Å². The molecule has 3 N–H and O–H groups in total. The second-order valence-corrected chi connectivity index (χ2v) is 7.28. The third-order valence-corrected chi connectivity index (χ3v) is 4.59. The lowest BCUT2D eigenvalue weighted by Crippen LogP contribution is -2.28. The SMILES string of the molecule is CCCCS(=O)(=O)Nc1ccc(C(C)(C)CN)cc1. The van der Waals surface area contributed by atoms with Crippen molar-refractivity contribution in [3.05, 3.63) is 29.8 Å². The molecule has 1 rings (SSSR count). The molecule has 19 heavy (non-hydrogen) atoms. The summed E-state index contributed by atoms with van der Waals surface area (Å²) in [6.07, 6.45) is 1.54. The Balaban J connectivity index is 2.78. The van der Waals surface area contributed by atoms with Crippen LogP contribution in [-0.4, -0.2) is 20.7 Å². The first-order valence-corrected chi connectivity index (χ1v) is 8.27. The van der Waals surface area contributed by atoms with E-state index in [-0.39, 0.29) is 11.2 Å². The van der Waals surface area contributed by atoms with E-state index in [4.69, 9.17) is 5.73 Å². The molecule has 0 aliphatic rings. The molecule has 0 amide bonds. The smallest absolute Gasteiger partial charge is 0.232 e. The van der Waals surface area contributed by atoms with Crippen LogP contribution in [0.5, 0.6) is 0 Å². The van der Waals surface area contributed by atoms with E-state index in [0.29, 0.717) is 18.7 Å². The van der Waals surface area contributed by atoms with Gasteiger partial charge in [0.1, 0.15) is 0 Å². The maximum atomic E-state index is 11.8. The molecule has 0 aliphatic carbocycles. The Hall–Kier alpha value is -1.07. The highest BCUT2D eigenvalue weighted by Crippen LogP contribution is 2.23. The van der Waals surface area contributed by atoms with Gasteiger partial charge < -0.3 is 5.73 Å². The van der Waals surface area contributed by atoms with Gasteiger partial charge in [0, 0.05) is 17.6 Å². The molecule has 0 radical (unpaired) electrons. The molecule has 4 nitrogen and oxygen atoms in total. The molecule has 0 unspecified atom stereocenters. The van der Waals surface area contributed by atoms with E-state index in [0.717, 1.165) is 12.0 Å². The molecule has 108 valence electrons. The first-order chi connectivity index (χ1) is 8.80. The van der Waals surface area contributed by atoms with Crippen molar-refractivity contribution >= 4 is 15.7 Å². The van der Waals surface area contributed by atoms with Crippen LogP contribution in [0.4, 0.5) is 5.69 Å². The maximum Gasteiger partial charge on any atom is 0.232 e. The number of rotatable bonds is 7. The van der Waals surface area contributed by atoms with E-state index in [9.17, 15) is 8.42 Å². The number of anilines is 1. The summed E-state index contributed by atoms with van der Waals surface area (Å²) in [4.78, 5) is 0. The minimum absolute atomic E-state index is 0.0976. The van der Waals surface area contributed by atoms with Gasteiger partial charge in [0.25, 0.3) is 0 Å². The average Bonchev–Trinajstić information content (AvgIpc) is 2.36. The van der Waals surface area contributed by atoms with E-state index in [1.54, 1.807) is 12.1 Å². The minimum Gasteiger partial charge on any atom is -0.330 e. The molecule has 0 bridgehead atoms. The zero-order valence-corrected chi connectivity index (χ0v) is 12.8. The fraction of sp³-hybridized carbons (Fsp3) is 0.571. The maximum absolute atomic E-state index is 11.8. The number of benzene rings is 1. The number of nitrogens with two attached hydrogens (primary N) is 1. The molecule has 0 aliphatic heterocycles. The first kappa shape index (κ1) is 16.0. The molecule has 1 aromatic carbocycles. The third kappa shape index (κ3) is 4.84. The van der Waals surface area contributed by atoms with Crippen molar-refractivity contribution in [2.75, 3.05) is 17.0 Å². The van der Waals surface area contributed by atoms with Crippen molar-refractivity contribution in [3.63, 3.8) is 0 Å². The van der Waals surface area contributed by atoms with Crippen molar-refractivity contribution < 1.29 is 8.42 Å². The van der Waals surface area contributed by atoms with Gasteiger partial charge in [-0.25, -0.2) is 8.42 Å². The second kappa shape index (κ2) is 6.39. The fourth-order valence-corrected chi connectivity index (χ4v) is 2.94. The lowest BCUT2D eigenvalue weighted by atomic mass is 9.85. The summed E-state index contributed by atoms with van der Waals surface area (Å²) >= 11 is 0. The Morgan fingerprint density at radius 1 is 1.21 bits per heavy atom. The van der Waals surface area contributed by atoms with Crippen LogP contribution < -0.4 is 10.5 Å². The van der Waals surface area contributed by atoms with Crippen molar-refractivity contribution in [2.45, 2.75) is 39.0 Å². The molecule has 0 fully saturated rings. The standard InChI is InChI=1S/C14H24N2O2S/c1-4-5-10-19(17,18)16-13-8-6-12(7-9-13)14(2,3)11-15/h6-9,16H,4-5,10-11,15H2,1-3H3. The van der Waals surface area contributed by atoms with Gasteiger partial charge in [-0.3, -0.25) is 4.72 Å². The monoisotopic (exact) mass is 284 g/mol. The van der Waals surface area contributed by atoms with Gasteiger partial charge in [-0.2, -0.15) is 0 Å². The van der Waals surface area contributed by atoms with Crippen molar-refractivity contribution in [1.82, 2.24) is 0 Å². The summed E-state index contributed by atoms with van der Waals surface area (Å²) in [6.45, 7) is 6.65. The summed E-state index contributed by atoms with van der Waals surface area (Å²) in [5.41, 5.74) is 7.33. The third-order valence-electron chi connectivity index (χ3n) is 3.22. The Kier molecular flexibility index (Phi) is 5.38. The molecular formula is C14H24N2O2S. The Bertz CT molecular complexity index is 493. The molecule has 0 spiro atoms. The van der Waals surface area contributed by atoms with E-state index in [1.165, 1.54) is 0 Å². The number of hydrogen-bond donors (Lipinski definition) is 2. The molecular weight excluding hydrogens is 260 g/mol. The normalized spacial score (nSPS) is 12.4. The van der Waals surface area contributed by atoms with E-state index >= 15 is 0 Å². The molecule has 1 aromatic rings. The van der Waals surface area contributed by atoms with Crippen LogP contribution in [0.2, 0.25) is 0 Å². The highest BCUT2D eigenvalue weighted by atomic mass is 32.2. The molecule has 0 saturated heterocycles. The molecule has 0 atom stereocenters. The van der Waals surface area contributed by atoms with Gasteiger partial charge in [-0.15, -0.1) is 0 Å². The van der Waals surface area contributed by atoms with Gasteiger partial charge in [0.15, 0.2) is 0 Å². The van der Waals surface area contributed by atoms with Crippen LogP contribution in [0.1, 0.15) is 39.2 Å². The summed E-state index contributed by atoms with van der Waals surface area (Å²) in [5.74, 6) is 0.166. The van der Waals surface area contributed by atoms with E-state index in [2.05, 4.69) is 18.6 Å². The Labute approximate surface area is 116 Å². The van der Waals surface area contributed by atoms with E-state index < -0.39 is 10.0 Å². The lowest BCUT2D eigenvalue weighted by molar-refractivity contribution is 0.539. The van der Waals surface area contributed by atoms with Crippen molar-refractivity contribution in [3.8, 4) is 0 Å². The van der Waals surface area contributed by atoms with Gasteiger partial charge in [0.05, 0.1) is 5.75 Å².